The topological polar surface area (TPSA) is 47.3 Å². The molecule has 0 saturated carbocycles. The second kappa shape index (κ2) is 5.24. The Labute approximate surface area is 107 Å². The van der Waals surface area contributed by atoms with Crippen LogP contribution >= 0.6 is 0 Å². The lowest BCUT2D eigenvalue weighted by Crippen LogP contribution is -2.44. The van der Waals surface area contributed by atoms with Crippen molar-refractivity contribution in [1.82, 2.24) is 5.32 Å². The van der Waals surface area contributed by atoms with E-state index in [0.717, 1.165) is 12.1 Å². The van der Waals surface area contributed by atoms with Crippen LogP contribution in [0.2, 0.25) is 0 Å². The summed E-state index contributed by atoms with van der Waals surface area (Å²) in [6.45, 7) is 0.600. The van der Waals surface area contributed by atoms with Crippen molar-refractivity contribution in [2.24, 2.45) is 0 Å². The van der Waals surface area contributed by atoms with E-state index in [1.807, 2.05) is 0 Å². The number of benzene rings is 1. The number of nitrogens with one attached hydrogen (secondary N) is 1. The van der Waals surface area contributed by atoms with E-state index in [1.54, 1.807) is 0 Å². The zero-order valence-electron chi connectivity index (χ0n) is 10.0. The van der Waals surface area contributed by atoms with Crippen molar-refractivity contribution < 1.29 is 22.3 Å². The molecular weight excluding hydrogens is 264 g/mol. The molecule has 1 aliphatic rings. The van der Waals surface area contributed by atoms with Gasteiger partial charge in [0.15, 0.2) is 0 Å². The molecule has 0 spiro atoms. The van der Waals surface area contributed by atoms with E-state index in [-0.39, 0.29) is 18.0 Å². The summed E-state index contributed by atoms with van der Waals surface area (Å²) >= 11 is 0. The molecule has 2 rings (SSSR count). The number of piperidine rings is 1. The lowest BCUT2D eigenvalue weighted by atomic mass is 10.1. The Bertz CT molecular complexity index is 450. The molecule has 1 aliphatic heterocycles. The van der Waals surface area contributed by atoms with Crippen molar-refractivity contribution in [3.63, 3.8) is 0 Å². The highest BCUT2D eigenvalue weighted by Gasteiger charge is 2.36. The minimum absolute atomic E-state index is 0.0122. The first-order valence-corrected chi connectivity index (χ1v) is 5.86. The molecule has 1 aromatic carbocycles. The highest BCUT2D eigenvalue weighted by molar-refractivity contribution is 5.49. The van der Waals surface area contributed by atoms with Gasteiger partial charge in [-0.05, 0) is 31.2 Å². The monoisotopic (exact) mass is 278 g/mol. The van der Waals surface area contributed by atoms with Crippen LogP contribution in [0.3, 0.4) is 0 Å². The predicted octanol–water partition coefficient (Wildman–Crippen LogP) is 2.37. The van der Waals surface area contributed by atoms with Gasteiger partial charge in [0.05, 0.1) is 5.56 Å². The Kier molecular flexibility index (Phi) is 3.84. The van der Waals surface area contributed by atoms with Crippen LogP contribution in [-0.4, -0.2) is 25.4 Å². The van der Waals surface area contributed by atoms with Gasteiger partial charge in [0.2, 0.25) is 0 Å². The molecule has 106 valence electrons. The molecule has 7 heteroatoms. The van der Waals surface area contributed by atoms with E-state index in [2.05, 4.69) is 5.32 Å². The molecule has 1 saturated heterocycles. The number of hydrogen-bond donors (Lipinski definition) is 2. The maximum atomic E-state index is 13.5. The number of alkyl halides is 4. The third kappa shape index (κ3) is 3.28. The summed E-state index contributed by atoms with van der Waals surface area (Å²) in [5.41, 5.74) is 4.36. The van der Waals surface area contributed by atoms with E-state index in [0.29, 0.717) is 13.0 Å². The number of hydrogen-bond acceptors (Lipinski definition) is 3. The van der Waals surface area contributed by atoms with E-state index >= 15 is 0 Å². The van der Waals surface area contributed by atoms with Crippen molar-refractivity contribution in [3.05, 3.63) is 23.8 Å². The number of nitrogens with two attached hydrogens (primary N) is 1. The standard InChI is InChI=1S/C12H14F4N2O/c13-9-6-18-4-3-11(9)19-10-2-1-7(17)5-8(10)12(14,15)16/h1-2,5,9,11,18H,3-4,6,17H2. The third-order valence-electron chi connectivity index (χ3n) is 2.94. The second-order valence-corrected chi connectivity index (χ2v) is 4.42. The smallest absolute Gasteiger partial charge is 0.420 e. The van der Waals surface area contributed by atoms with Gasteiger partial charge < -0.3 is 15.8 Å². The first-order chi connectivity index (χ1) is 8.88. The van der Waals surface area contributed by atoms with Crippen LogP contribution in [0.4, 0.5) is 23.2 Å². The maximum absolute atomic E-state index is 13.5. The number of anilines is 1. The van der Waals surface area contributed by atoms with Crippen molar-refractivity contribution >= 4 is 5.69 Å². The van der Waals surface area contributed by atoms with Gasteiger partial charge in [0.1, 0.15) is 18.0 Å². The van der Waals surface area contributed by atoms with Crippen LogP contribution in [-0.2, 0) is 6.18 Å². The van der Waals surface area contributed by atoms with Gasteiger partial charge in [0.25, 0.3) is 0 Å². The fourth-order valence-corrected chi connectivity index (χ4v) is 1.96. The summed E-state index contributed by atoms with van der Waals surface area (Å²) in [4.78, 5) is 0. The Morgan fingerprint density at radius 3 is 2.68 bits per heavy atom. The molecule has 19 heavy (non-hydrogen) atoms. The normalized spacial score (nSPS) is 24.2. The Balaban J connectivity index is 2.24. The van der Waals surface area contributed by atoms with Crippen molar-refractivity contribution in [1.29, 1.82) is 0 Å². The lowest BCUT2D eigenvalue weighted by molar-refractivity contribution is -0.139. The second-order valence-electron chi connectivity index (χ2n) is 4.42. The van der Waals surface area contributed by atoms with Crippen molar-refractivity contribution in [2.75, 3.05) is 18.8 Å². The van der Waals surface area contributed by atoms with Gasteiger partial charge in [-0.3, -0.25) is 0 Å². The zero-order valence-corrected chi connectivity index (χ0v) is 10.0. The van der Waals surface area contributed by atoms with Gasteiger partial charge in [-0.25, -0.2) is 4.39 Å². The molecule has 0 bridgehead atoms. The molecule has 3 nitrogen and oxygen atoms in total. The van der Waals surface area contributed by atoms with Crippen LogP contribution in [0.1, 0.15) is 12.0 Å². The minimum Gasteiger partial charge on any atom is -0.487 e. The van der Waals surface area contributed by atoms with Gasteiger partial charge in [0, 0.05) is 12.2 Å². The van der Waals surface area contributed by atoms with Crippen LogP contribution in [0.15, 0.2) is 18.2 Å². The highest BCUT2D eigenvalue weighted by Crippen LogP contribution is 2.38. The SMILES string of the molecule is Nc1ccc(OC2CCNCC2F)c(C(F)(F)F)c1. The van der Waals surface area contributed by atoms with E-state index in [1.165, 1.54) is 6.07 Å². The van der Waals surface area contributed by atoms with Gasteiger partial charge in [-0.1, -0.05) is 0 Å². The molecule has 0 amide bonds. The van der Waals surface area contributed by atoms with Crippen LogP contribution in [0, 0.1) is 0 Å². The number of rotatable bonds is 2. The van der Waals surface area contributed by atoms with Gasteiger partial charge in [-0.2, -0.15) is 13.2 Å². The van der Waals surface area contributed by atoms with Gasteiger partial charge >= 0.3 is 6.18 Å². The summed E-state index contributed by atoms with van der Waals surface area (Å²) in [6, 6.07) is 3.23. The Hall–Kier alpha value is -1.50. The maximum Gasteiger partial charge on any atom is 0.420 e. The quantitative estimate of drug-likeness (QED) is 0.645. The minimum atomic E-state index is -4.58. The van der Waals surface area contributed by atoms with Crippen LogP contribution < -0.4 is 15.8 Å². The highest BCUT2D eigenvalue weighted by atomic mass is 19.4. The molecule has 1 heterocycles. The first kappa shape index (κ1) is 13.9. The fourth-order valence-electron chi connectivity index (χ4n) is 1.96. The summed E-state index contributed by atoms with van der Waals surface area (Å²) < 4.78 is 57.3. The zero-order chi connectivity index (χ0) is 14.0. The Morgan fingerprint density at radius 1 is 1.32 bits per heavy atom. The largest absolute Gasteiger partial charge is 0.487 e. The number of halogens is 4. The molecule has 0 aromatic heterocycles. The average molecular weight is 278 g/mol. The molecular formula is C12H14F4N2O. The first-order valence-electron chi connectivity index (χ1n) is 5.86. The predicted molar refractivity (Wildman–Crippen MR) is 62.7 cm³/mol. The summed E-state index contributed by atoms with van der Waals surface area (Å²) in [6.07, 6.45) is -6.45. The van der Waals surface area contributed by atoms with Gasteiger partial charge in [-0.15, -0.1) is 0 Å². The molecule has 2 atom stereocenters. The summed E-state index contributed by atoms with van der Waals surface area (Å²) in [5, 5.41) is 2.81. The number of ether oxygens (including phenoxy) is 1. The molecule has 2 unspecified atom stereocenters. The summed E-state index contributed by atoms with van der Waals surface area (Å²) in [7, 11) is 0. The number of nitrogen functional groups attached to an aromatic ring is 1. The fraction of sp³-hybridized carbons (Fsp3) is 0.500. The lowest BCUT2D eigenvalue weighted by Gasteiger charge is -2.28. The average Bonchev–Trinajstić information content (AvgIpc) is 2.33. The molecule has 1 fully saturated rings. The van der Waals surface area contributed by atoms with Crippen LogP contribution in [0.25, 0.3) is 0 Å². The molecule has 0 aliphatic carbocycles. The van der Waals surface area contributed by atoms with Crippen molar-refractivity contribution in [3.8, 4) is 5.75 Å². The van der Waals surface area contributed by atoms with E-state index < -0.39 is 24.0 Å². The Morgan fingerprint density at radius 2 is 2.05 bits per heavy atom. The van der Waals surface area contributed by atoms with E-state index in [4.69, 9.17) is 10.5 Å². The van der Waals surface area contributed by atoms with Crippen LogP contribution in [0.5, 0.6) is 5.75 Å². The molecule has 0 radical (unpaired) electrons. The molecule has 3 N–H and O–H groups in total. The summed E-state index contributed by atoms with van der Waals surface area (Å²) in [5.74, 6) is -0.378. The van der Waals surface area contributed by atoms with Crippen molar-refractivity contribution in [2.45, 2.75) is 24.9 Å². The third-order valence-corrected chi connectivity index (χ3v) is 2.94. The van der Waals surface area contributed by atoms with E-state index in [9.17, 15) is 17.6 Å². The molecule has 1 aromatic rings.